The fraction of sp³-hybridized carbons (Fsp3) is 1.00. The van der Waals surface area contributed by atoms with Crippen LogP contribution in [0, 0.1) is 0 Å². The second-order valence-electron chi connectivity index (χ2n) is 4.29. The molecule has 1 unspecified atom stereocenters. The number of azide groups is 1. The van der Waals surface area contributed by atoms with Gasteiger partial charge in [-0.3, -0.25) is 0 Å². The highest BCUT2D eigenvalue weighted by atomic mass is 16.5. The molecule has 0 radical (unpaired) electrons. The smallest absolute Gasteiger partial charge is 0.111 e. The van der Waals surface area contributed by atoms with Gasteiger partial charge in [-0.2, -0.15) is 0 Å². The molecular formula is C10H22N4O5. The van der Waals surface area contributed by atoms with Crippen molar-refractivity contribution >= 4 is 0 Å². The summed E-state index contributed by atoms with van der Waals surface area (Å²) in [6, 6.07) is 0. The molecule has 0 saturated carbocycles. The van der Waals surface area contributed by atoms with Gasteiger partial charge in [0.1, 0.15) is 18.3 Å². The maximum absolute atomic E-state index is 9.73. The molecule has 0 aliphatic heterocycles. The molecule has 0 aliphatic rings. The van der Waals surface area contributed by atoms with E-state index in [1.54, 1.807) is 11.9 Å². The molecule has 0 saturated heterocycles. The van der Waals surface area contributed by atoms with Gasteiger partial charge >= 0.3 is 0 Å². The van der Waals surface area contributed by atoms with Crippen LogP contribution in [0.3, 0.4) is 0 Å². The van der Waals surface area contributed by atoms with Crippen molar-refractivity contribution in [2.24, 2.45) is 5.11 Å². The highest BCUT2D eigenvalue weighted by molar-refractivity contribution is 4.82. The molecule has 0 aliphatic carbocycles. The normalized spacial score (nSPS) is 17.6. The highest BCUT2D eigenvalue weighted by Crippen LogP contribution is 2.06. The molecule has 4 N–H and O–H groups in total. The predicted molar refractivity (Wildman–Crippen MR) is 67.4 cm³/mol. The maximum atomic E-state index is 9.73. The maximum Gasteiger partial charge on any atom is 0.111 e. The molecule has 0 aromatic carbocycles. The van der Waals surface area contributed by atoms with Crippen molar-refractivity contribution in [2.45, 2.75) is 24.4 Å². The Balaban J connectivity index is 4.16. The summed E-state index contributed by atoms with van der Waals surface area (Å²) in [4.78, 5) is 4.23. The number of likely N-dealkylation sites (N-methyl/N-ethyl adjacent to an activating group) is 1. The number of methoxy groups -OCH3 is 1. The summed E-state index contributed by atoms with van der Waals surface area (Å²) in [5.41, 5.74) is 8.11. The van der Waals surface area contributed by atoms with Gasteiger partial charge in [-0.25, -0.2) is 0 Å². The minimum atomic E-state index is -1.50. The summed E-state index contributed by atoms with van der Waals surface area (Å²) in [7, 11) is 3.02. The summed E-state index contributed by atoms with van der Waals surface area (Å²) in [6.07, 6.45) is -5.51. The average molecular weight is 278 g/mol. The zero-order valence-corrected chi connectivity index (χ0v) is 11.1. The van der Waals surface area contributed by atoms with E-state index in [4.69, 9.17) is 5.53 Å². The Morgan fingerprint density at radius 2 is 1.79 bits per heavy atom. The number of aliphatic hydroxyl groups excluding tert-OH is 4. The van der Waals surface area contributed by atoms with Crippen molar-refractivity contribution in [1.82, 2.24) is 4.90 Å². The topological polar surface area (TPSA) is 142 Å². The first kappa shape index (κ1) is 18.1. The standard InChI is InChI=1S/C10H22N4O5/c1-14(4-3-12-13-11)5-7(15)9(17)10(18)8(16)6-19-2/h7-10,15-18H,3-6H2,1-2H3/t7?,8-,9-,10-/m1/s1. The first-order valence-electron chi connectivity index (χ1n) is 5.84. The van der Waals surface area contributed by atoms with Crippen molar-refractivity contribution in [2.75, 3.05) is 40.4 Å². The molecule has 0 fully saturated rings. The molecule has 0 aromatic rings. The SMILES string of the molecule is COC[C@@H](O)[C@@H](O)[C@H](O)C(O)CN(C)CCN=[N+]=[N-]. The zero-order valence-electron chi connectivity index (χ0n) is 11.1. The van der Waals surface area contributed by atoms with Gasteiger partial charge in [0.15, 0.2) is 0 Å². The van der Waals surface area contributed by atoms with Gasteiger partial charge in [0.05, 0.1) is 12.7 Å². The number of nitrogens with zero attached hydrogens (tertiary/aromatic N) is 4. The van der Waals surface area contributed by atoms with Crippen LogP contribution in [0.15, 0.2) is 5.11 Å². The second-order valence-corrected chi connectivity index (χ2v) is 4.29. The largest absolute Gasteiger partial charge is 0.389 e. The van der Waals surface area contributed by atoms with Crippen molar-refractivity contribution in [3.05, 3.63) is 10.4 Å². The molecular weight excluding hydrogens is 256 g/mol. The van der Waals surface area contributed by atoms with Gasteiger partial charge in [-0.1, -0.05) is 5.11 Å². The highest BCUT2D eigenvalue weighted by Gasteiger charge is 2.30. The third-order valence-electron chi connectivity index (χ3n) is 2.62. The molecule has 0 bridgehead atoms. The lowest BCUT2D eigenvalue weighted by molar-refractivity contribution is -0.121. The van der Waals surface area contributed by atoms with Crippen LogP contribution in [0.4, 0.5) is 0 Å². The Morgan fingerprint density at radius 1 is 1.21 bits per heavy atom. The van der Waals surface area contributed by atoms with Crippen molar-refractivity contribution in [1.29, 1.82) is 0 Å². The number of aliphatic hydroxyl groups is 4. The fourth-order valence-corrected chi connectivity index (χ4v) is 1.50. The summed E-state index contributed by atoms with van der Waals surface area (Å²) in [5, 5.41) is 41.8. The van der Waals surface area contributed by atoms with Crippen LogP contribution >= 0.6 is 0 Å². The molecule has 0 spiro atoms. The minimum Gasteiger partial charge on any atom is -0.389 e. The van der Waals surface area contributed by atoms with Crippen molar-refractivity contribution < 1.29 is 25.2 Å². The number of hydrogen-bond acceptors (Lipinski definition) is 7. The van der Waals surface area contributed by atoms with E-state index in [0.29, 0.717) is 6.54 Å². The van der Waals surface area contributed by atoms with E-state index in [1.807, 2.05) is 0 Å². The van der Waals surface area contributed by atoms with Gasteiger partial charge in [0, 0.05) is 31.7 Å². The average Bonchev–Trinajstić information content (AvgIpc) is 2.37. The summed E-state index contributed by atoms with van der Waals surface area (Å²) in [5.74, 6) is 0. The molecule has 4 atom stereocenters. The lowest BCUT2D eigenvalue weighted by Gasteiger charge is -2.28. The predicted octanol–water partition coefficient (Wildman–Crippen LogP) is -1.68. The van der Waals surface area contributed by atoms with E-state index >= 15 is 0 Å². The third-order valence-corrected chi connectivity index (χ3v) is 2.62. The molecule has 0 amide bonds. The third kappa shape index (κ3) is 7.28. The Kier molecular flexibility index (Phi) is 9.44. The van der Waals surface area contributed by atoms with Crippen LogP contribution in [-0.2, 0) is 4.74 Å². The van der Waals surface area contributed by atoms with E-state index in [9.17, 15) is 20.4 Å². The van der Waals surface area contributed by atoms with E-state index in [-0.39, 0.29) is 19.7 Å². The fourth-order valence-electron chi connectivity index (χ4n) is 1.50. The first-order valence-corrected chi connectivity index (χ1v) is 5.84. The van der Waals surface area contributed by atoms with E-state index in [2.05, 4.69) is 14.8 Å². The second kappa shape index (κ2) is 9.93. The van der Waals surface area contributed by atoms with E-state index in [1.165, 1.54) is 7.11 Å². The lowest BCUT2D eigenvalue weighted by Crippen LogP contribution is -2.49. The van der Waals surface area contributed by atoms with Crippen molar-refractivity contribution in [3.63, 3.8) is 0 Å². The monoisotopic (exact) mass is 278 g/mol. The Morgan fingerprint density at radius 3 is 2.32 bits per heavy atom. The van der Waals surface area contributed by atoms with Gasteiger partial charge in [-0.05, 0) is 12.6 Å². The summed E-state index contributed by atoms with van der Waals surface area (Å²) >= 11 is 0. The Labute approximate surface area is 111 Å². The van der Waals surface area contributed by atoms with Gasteiger partial charge in [0.2, 0.25) is 0 Å². The molecule has 0 rings (SSSR count). The molecule has 9 nitrogen and oxygen atoms in total. The van der Waals surface area contributed by atoms with Crippen LogP contribution in [0.5, 0.6) is 0 Å². The number of rotatable bonds is 10. The first-order chi connectivity index (χ1) is 8.93. The Hall–Kier alpha value is -0.930. The van der Waals surface area contributed by atoms with E-state index in [0.717, 1.165) is 0 Å². The lowest BCUT2D eigenvalue weighted by atomic mass is 10.0. The number of hydrogen-bond donors (Lipinski definition) is 4. The molecule has 112 valence electrons. The molecule has 0 heterocycles. The minimum absolute atomic E-state index is 0.0683. The van der Waals surface area contributed by atoms with Gasteiger partial charge in [0.25, 0.3) is 0 Å². The van der Waals surface area contributed by atoms with Crippen molar-refractivity contribution in [3.8, 4) is 0 Å². The summed E-state index contributed by atoms with van der Waals surface area (Å²) < 4.78 is 4.64. The molecule has 0 aromatic heterocycles. The molecule has 19 heavy (non-hydrogen) atoms. The van der Waals surface area contributed by atoms with Crippen LogP contribution in [0.2, 0.25) is 0 Å². The van der Waals surface area contributed by atoms with Crippen LogP contribution in [-0.4, -0.2) is 90.1 Å². The van der Waals surface area contributed by atoms with E-state index < -0.39 is 24.4 Å². The van der Waals surface area contributed by atoms with Crippen LogP contribution < -0.4 is 0 Å². The number of ether oxygens (including phenoxy) is 1. The molecule has 9 heteroatoms. The quantitative estimate of drug-likeness (QED) is 0.213. The van der Waals surface area contributed by atoms with Gasteiger partial charge < -0.3 is 30.1 Å². The summed E-state index contributed by atoms with van der Waals surface area (Å²) in [6.45, 7) is 0.575. The van der Waals surface area contributed by atoms with Gasteiger partial charge in [-0.15, -0.1) is 0 Å². The zero-order chi connectivity index (χ0) is 14.8. The van der Waals surface area contributed by atoms with Crippen LogP contribution in [0.1, 0.15) is 0 Å². The van der Waals surface area contributed by atoms with Crippen LogP contribution in [0.25, 0.3) is 10.4 Å². The Bertz CT molecular complexity index is 287.